The predicted octanol–water partition coefficient (Wildman–Crippen LogP) is 2.23. The topological polar surface area (TPSA) is 97.0 Å². The number of nitrogens with zero attached hydrogens (tertiary/aromatic N) is 1. The van der Waals surface area contributed by atoms with Gasteiger partial charge in [0.1, 0.15) is 0 Å². The minimum absolute atomic E-state index is 0.0833. The van der Waals surface area contributed by atoms with Crippen LogP contribution in [0.1, 0.15) is 40.1 Å². The molecule has 0 heterocycles. The molecule has 3 amide bonds. The molecule has 8 nitrogen and oxygen atoms in total. The summed E-state index contributed by atoms with van der Waals surface area (Å²) in [6.45, 7) is 4.78. The van der Waals surface area contributed by atoms with E-state index in [2.05, 4.69) is 10.6 Å². The Labute approximate surface area is 182 Å². The summed E-state index contributed by atoms with van der Waals surface area (Å²) >= 11 is 0. The second-order valence-electron chi connectivity index (χ2n) is 6.88. The normalized spacial score (nSPS) is 10.2. The van der Waals surface area contributed by atoms with Gasteiger partial charge in [0.05, 0.1) is 19.8 Å². The molecule has 0 atom stereocenters. The minimum Gasteiger partial charge on any atom is -0.490 e. The number of amides is 3. The van der Waals surface area contributed by atoms with Crippen LogP contribution in [0.15, 0.2) is 42.5 Å². The molecule has 31 heavy (non-hydrogen) atoms. The number of hydrogen-bond acceptors (Lipinski definition) is 5. The third-order valence-electron chi connectivity index (χ3n) is 4.31. The number of rotatable bonds is 10. The van der Waals surface area contributed by atoms with Crippen LogP contribution in [0.3, 0.4) is 0 Å². The molecule has 0 bridgehead atoms. The molecule has 2 aromatic rings. The summed E-state index contributed by atoms with van der Waals surface area (Å²) in [5.41, 5.74) is 1.80. The molecule has 0 aliphatic heterocycles. The second-order valence-corrected chi connectivity index (χ2v) is 6.88. The van der Waals surface area contributed by atoms with E-state index < -0.39 is 0 Å². The van der Waals surface area contributed by atoms with Crippen LogP contribution in [0.4, 0.5) is 0 Å². The van der Waals surface area contributed by atoms with Crippen LogP contribution in [-0.4, -0.2) is 56.5 Å². The SMILES string of the molecule is CCOc1ccc(C(=O)NCC(=O)NCc2ccc(C(=O)N(C)C)cc2)cc1OCC. The van der Waals surface area contributed by atoms with Crippen LogP contribution in [0.2, 0.25) is 0 Å². The number of carbonyl (C=O) groups excluding carboxylic acids is 3. The molecule has 0 spiro atoms. The second kappa shape index (κ2) is 11.6. The van der Waals surface area contributed by atoms with Gasteiger partial charge in [-0.3, -0.25) is 14.4 Å². The van der Waals surface area contributed by atoms with Crippen molar-refractivity contribution in [2.75, 3.05) is 33.9 Å². The lowest BCUT2D eigenvalue weighted by atomic mass is 10.1. The molecular weight excluding hydrogens is 398 g/mol. The molecule has 0 aromatic heterocycles. The fourth-order valence-electron chi connectivity index (χ4n) is 2.74. The Morgan fingerprint density at radius 3 is 2.06 bits per heavy atom. The molecule has 0 aliphatic rings. The van der Waals surface area contributed by atoms with Gasteiger partial charge in [0.2, 0.25) is 5.91 Å². The lowest BCUT2D eigenvalue weighted by molar-refractivity contribution is -0.120. The molecule has 0 aliphatic carbocycles. The molecule has 0 radical (unpaired) electrons. The summed E-state index contributed by atoms with van der Waals surface area (Å²) in [5, 5.41) is 5.34. The Kier molecular flexibility index (Phi) is 8.87. The zero-order valence-corrected chi connectivity index (χ0v) is 18.4. The van der Waals surface area contributed by atoms with Crippen molar-refractivity contribution in [3.8, 4) is 11.5 Å². The maximum Gasteiger partial charge on any atom is 0.253 e. The maximum absolute atomic E-state index is 12.4. The van der Waals surface area contributed by atoms with Crippen LogP contribution < -0.4 is 20.1 Å². The van der Waals surface area contributed by atoms with Gasteiger partial charge >= 0.3 is 0 Å². The van der Waals surface area contributed by atoms with Crippen molar-refractivity contribution in [3.63, 3.8) is 0 Å². The molecule has 2 aromatic carbocycles. The highest BCUT2D eigenvalue weighted by molar-refractivity contribution is 5.97. The third kappa shape index (κ3) is 7.02. The van der Waals surface area contributed by atoms with Gasteiger partial charge in [-0.05, 0) is 49.7 Å². The monoisotopic (exact) mass is 427 g/mol. The van der Waals surface area contributed by atoms with Crippen LogP contribution in [0, 0.1) is 0 Å². The molecular formula is C23H29N3O5. The number of carbonyl (C=O) groups is 3. The van der Waals surface area contributed by atoms with Crippen LogP contribution in [0.25, 0.3) is 0 Å². The summed E-state index contributed by atoms with van der Waals surface area (Å²) < 4.78 is 11.0. The summed E-state index contributed by atoms with van der Waals surface area (Å²) in [4.78, 5) is 37.9. The average molecular weight is 428 g/mol. The standard InChI is InChI=1S/C23H29N3O5/c1-5-30-19-12-11-18(13-20(19)31-6-2)22(28)25-15-21(27)24-14-16-7-9-17(10-8-16)23(29)26(3)4/h7-13H,5-6,14-15H2,1-4H3,(H,24,27)(H,25,28). The first-order valence-electron chi connectivity index (χ1n) is 10.1. The van der Waals surface area contributed by atoms with E-state index in [4.69, 9.17) is 9.47 Å². The molecule has 0 fully saturated rings. The van der Waals surface area contributed by atoms with Crippen LogP contribution >= 0.6 is 0 Å². The van der Waals surface area contributed by atoms with Crippen molar-refractivity contribution < 1.29 is 23.9 Å². The van der Waals surface area contributed by atoms with Gasteiger partial charge in [-0.1, -0.05) is 12.1 Å². The van der Waals surface area contributed by atoms with Crippen molar-refractivity contribution in [3.05, 3.63) is 59.2 Å². The number of ether oxygens (including phenoxy) is 2. The van der Waals surface area contributed by atoms with E-state index >= 15 is 0 Å². The molecule has 0 saturated heterocycles. The van der Waals surface area contributed by atoms with Crippen LogP contribution in [0.5, 0.6) is 11.5 Å². The van der Waals surface area contributed by atoms with Crippen molar-refractivity contribution in [2.45, 2.75) is 20.4 Å². The average Bonchev–Trinajstić information content (AvgIpc) is 2.77. The lowest BCUT2D eigenvalue weighted by Gasteiger charge is -2.13. The van der Waals surface area contributed by atoms with Gasteiger partial charge in [-0.15, -0.1) is 0 Å². The third-order valence-corrected chi connectivity index (χ3v) is 4.31. The van der Waals surface area contributed by atoms with E-state index in [1.54, 1.807) is 56.6 Å². The van der Waals surface area contributed by atoms with Gasteiger partial charge in [0.15, 0.2) is 11.5 Å². The van der Waals surface area contributed by atoms with Gasteiger partial charge < -0.3 is 25.0 Å². The van der Waals surface area contributed by atoms with Gasteiger partial charge in [0, 0.05) is 31.8 Å². The van der Waals surface area contributed by atoms with E-state index in [9.17, 15) is 14.4 Å². The first kappa shape index (κ1) is 23.7. The van der Waals surface area contributed by atoms with Gasteiger partial charge in [-0.25, -0.2) is 0 Å². The van der Waals surface area contributed by atoms with E-state index in [1.807, 2.05) is 13.8 Å². The quantitative estimate of drug-likeness (QED) is 0.606. The summed E-state index contributed by atoms with van der Waals surface area (Å²) in [6.07, 6.45) is 0. The van der Waals surface area contributed by atoms with Crippen molar-refractivity contribution in [2.24, 2.45) is 0 Å². The van der Waals surface area contributed by atoms with E-state index in [0.29, 0.717) is 42.4 Å². The van der Waals surface area contributed by atoms with Gasteiger partial charge in [-0.2, -0.15) is 0 Å². The Hall–Kier alpha value is -3.55. The summed E-state index contributed by atoms with van der Waals surface area (Å²) in [6, 6.07) is 11.9. The molecule has 0 saturated carbocycles. The Balaban J connectivity index is 1.86. The highest BCUT2D eigenvalue weighted by Gasteiger charge is 2.13. The maximum atomic E-state index is 12.4. The minimum atomic E-state index is -0.384. The van der Waals surface area contributed by atoms with E-state index in [0.717, 1.165) is 5.56 Å². The number of hydrogen-bond donors (Lipinski definition) is 2. The highest BCUT2D eigenvalue weighted by Crippen LogP contribution is 2.28. The first-order chi connectivity index (χ1) is 14.8. The molecule has 0 unspecified atom stereocenters. The molecule has 8 heteroatoms. The fourth-order valence-corrected chi connectivity index (χ4v) is 2.74. The predicted molar refractivity (Wildman–Crippen MR) is 117 cm³/mol. The highest BCUT2D eigenvalue weighted by atomic mass is 16.5. The number of benzene rings is 2. The van der Waals surface area contributed by atoms with Crippen molar-refractivity contribution >= 4 is 17.7 Å². The van der Waals surface area contributed by atoms with E-state index in [-0.39, 0.29) is 24.3 Å². The zero-order chi connectivity index (χ0) is 22.8. The Bertz CT molecular complexity index is 910. The molecule has 2 rings (SSSR count). The van der Waals surface area contributed by atoms with Crippen molar-refractivity contribution in [1.82, 2.24) is 15.5 Å². The Morgan fingerprint density at radius 2 is 1.45 bits per heavy atom. The molecule has 166 valence electrons. The smallest absolute Gasteiger partial charge is 0.253 e. The van der Waals surface area contributed by atoms with Gasteiger partial charge in [0.25, 0.3) is 11.8 Å². The lowest BCUT2D eigenvalue weighted by Crippen LogP contribution is -2.36. The molecule has 2 N–H and O–H groups in total. The summed E-state index contributed by atoms with van der Waals surface area (Å²) in [5.74, 6) is 0.262. The fraction of sp³-hybridized carbons (Fsp3) is 0.348. The Morgan fingerprint density at radius 1 is 0.839 bits per heavy atom. The zero-order valence-electron chi connectivity index (χ0n) is 18.4. The summed E-state index contributed by atoms with van der Waals surface area (Å²) in [7, 11) is 3.38. The largest absolute Gasteiger partial charge is 0.490 e. The van der Waals surface area contributed by atoms with Crippen molar-refractivity contribution in [1.29, 1.82) is 0 Å². The van der Waals surface area contributed by atoms with E-state index in [1.165, 1.54) is 4.90 Å². The first-order valence-corrected chi connectivity index (χ1v) is 10.1. The number of nitrogens with one attached hydrogen (secondary N) is 2. The van der Waals surface area contributed by atoms with Crippen LogP contribution in [-0.2, 0) is 11.3 Å².